The van der Waals surface area contributed by atoms with Crippen LogP contribution < -0.4 is 15.0 Å². The van der Waals surface area contributed by atoms with Crippen LogP contribution in [-0.2, 0) is 22.1 Å². The first-order chi connectivity index (χ1) is 16.3. The zero-order chi connectivity index (χ0) is 23.9. The maximum absolute atomic E-state index is 13.7. The van der Waals surface area contributed by atoms with Gasteiger partial charge < -0.3 is 14.8 Å². The van der Waals surface area contributed by atoms with Crippen LogP contribution >= 0.6 is 0 Å². The predicted octanol–water partition coefficient (Wildman–Crippen LogP) is 3.90. The highest BCUT2D eigenvalue weighted by molar-refractivity contribution is 5.97. The number of rotatable bonds is 1. The predicted molar refractivity (Wildman–Crippen MR) is 118 cm³/mol. The van der Waals surface area contributed by atoms with E-state index < -0.39 is 17.8 Å². The van der Waals surface area contributed by atoms with Crippen molar-refractivity contribution in [3.8, 4) is 6.01 Å². The Morgan fingerprint density at radius 2 is 2.06 bits per heavy atom. The number of morpholine rings is 1. The molecule has 1 saturated heterocycles. The van der Waals surface area contributed by atoms with Gasteiger partial charge in [0.1, 0.15) is 18.2 Å². The number of fused-ring (bicyclic) bond motifs is 5. The van der Waals surface area contributed by atoms with Crippen LogP contribution in [0.15, 0.2) is 30.5 Å². The number of halogens is 3. The number of benzene rings is 1. The third kappa shape index (κ3) is 4.23. The lowest BCUT2D eigenvalue weighted by Gasteiger charge is -2.26. The number of nitrogens with zero attached hydrogens (tertiary/aromatic N) is 4. The molecule has 5 rings (SSSR count). The van der Waals surface area contributed by atoms with Crippen LogP contribution in [0.1, 0.15) is 36.1 Å². The second kappa shape index (κ2) is 8.71. The van der Waals surface area contributed by atoms with Gasteiger partial charge in [0.2, 0.25) is 0 Å². The van der Waals surface area contributed by atoms with Crippen LogP contribution in [0.2, 0.25) is 0 Å². The van der Waals surface area contributed by atoms with E-state index in [1.807, 2.05) is 0 Å². The van der Waals surface area contributed by atoms with Gasteiger partial charge in [-0.1, -0.05) is 12.1 Å². The van der Waals surface area contributed by atoms with Gasteiger partial charge in [-0.05, 0) is 43.0 Å². The van der Waals surface area contributed by atoms with E-state index in [1.54, 1.807) is 19.1 Å². The number of amides is 1. The molecule has 0 radical (unpaired) electrons. The minimum absolute atomic E-state index is 0.0243. The molecule has 2 bridgehead atoms. The zero-order valence-corrected chi connectivity index (χ0v) is 18.4. The largest absolute Gasteiger partial charge is 0.463 e. The summed E-state index contributed by atoms with van der Waals surface area (Å²) < 4.78 is 52.0. The van der Waals surface area contributed by atoms with Gasteiger partial charge in [0.25, 0.3) is 5.91 Å². The Kier molecular flexibility index (Phi) is 5.72. The summed E-state index contributed by atoms with van der Waals surface area (Å²) in [6.07, 6.45) is -2.34. The van der Waals surface area contributed by atoms with Gasteiger partial charge >= 0.3 is 12.2 Å². The van der Waals surface area contributed by atoms with Crippen LogP contribution in [0, 0.1) is 0 Å². The van der Waals surface area contributed by atoms with Crippen molar-refractivity contribution in [2.75, 3.05) is 36.6 Å². The van der Waals surface area contributed by atoms with Crippen LogP contribution in [0.5, 0.6) is 6.01 Å². The maximum atomic E-state index is 13.7. The molecule has 0 saturated carbocycles. The smallest absolute Gasteiger partial charge is 0.416 e. The Morgan fingerprint density at radius 3 is 2.85 bits per heavy atom. The first kappa shape index (κ1) is 22.3. The fourth-order valence-corrected chi connectivity index (χ4v) is 4.33. The van der Waals surface area contributed by atoms with Crippen molar-refractivity contribution in [1.29, 1.82) is 0 Å². The Morgan fingerprint density at radius 1 is 1.21 bits per heavy atom. The number of hydrogen-bond donors (Lipinski definition) is 1. The van der Waals surface area contributed by atoms with Gasteiger partial charge in [0.05, 0.1) is 43.1 Å². The molecule has 8 nitrogen and oxygen atoms in total. The fourth-order valence-electron chi connectivity index (χ4n) is 4.33. The highest BCUT2D eigenvalue weighted by atomic mass is 19.4. The second-order valence-electron chi connectivity index (χ2n) is 8.20. The Balaban J connectivity index is 1.60. The highest BCUT2D eigenvalue weighted by Crippen LogP contribution is 2.37. The number of alkyl halides is 3. The number of ether oxygens (including phenoxy) is 2. The summed E-state index contributed by atoms with van der Waals surface area (Å²) in [6.45, 7) is 2.70. The molecule has 34 heavy (non-hydrogen) atoms. The quantitative estimate of drug-likeness (QED) is 0.573. The molecule has 0 unspecified atom stereocenters. The van der Waals surface area contributed by atoms with Gasteiger partial charge in [-0.15, -0.1) is 0 Å². The number of pyridine rings is 1. The van der Waals surface area contributed by atoms with Gasteiger partial charge in [0, 0.05) is 5.39 Å². The zero-order valence-electron chi connectivity index (χ0n) is 18.4. The molecule has 1 aromatic carbocycles. The summed E-state index contributed by atoms with van der Waals surface area (Å²) in [4.78, 5) is 27.1. The van der Waals surface area contributed by atoms with E-state index in [-0.39, 0.29) is 37.1 Å². The van der Waals surface area contributed by atoms with Gasteiger partial charge in [-0.2, -0.15) is 23.1 Å². The number of carbonyl (C=O) groups excluding carboxylic acids is 1. The molecular formula is C23H22F3N5O3. The molecule has 2 aliphatic rings. The van der Waals surface area contributed by atoms with Crippen molar-refractivity contribution >= 4 is 28.4 Å². The maximum Gasteiger partial charge on any atom is 0.416 e. The number of carbonyl (C=O) groups is 1. The monoisotopic (exact) mass is 473 g/mol. The Hall–Kier alpha value is -3.47. The number of anilines is 2. The van der Waals surface area contributed by atoms with Crippen LogP contribution in [0.3, 0.4) is 0 Å². The summed E-state index contributed by atoms with van der Waals surface area (Å²) in [6, 6.07) is 5.56. The minimum atomic E-state index is -4.46. The molecule has 3 aromatic rings. The average Bonchev–Trinajstić information content (AvgIpc) is 2.83. The average molecular weight is 473 g/mol. The van der Waals surface area contributed by atoms with Crippen molar-refractivity contribution in [2.24, 2.45) is 0 Å². The topological polar surface area (TPSA) is 89.5 Å². The van der Waals surface area contributed by atoms with E-state index in [0.717, 1.165) is 6.07 Å². The molecule has 1 amide bonds. The summed E-state index contributed by atoms with van der Waals surface area (Å²) in [5.41, 5.74) is 0.639. The van der Waals surface area contributed by atoms with E-state index in [4.69, 9.17) is 9.47 Å². The molecule has 1 atom stereocenters. The molecule has 178 valence electrons. The van der Waals surface area contributed by atoms with E-state index >= 15 is 0 Å². The molecule has 2 aromatic heterocycles. The SMILES string of the molecule is C[C@H]1Nc2nc(nc3cnc(N4CCOCC4=O)cc23)OCCCc2c1cccc2C(F)(F)F. The molecule has 1 N–H and O–H groups in total. The van der Waals surface area contributed by atoms with Crippen LogP contribution in [0.4, 0.5) is 24.8 Å². The second-order valence-corrected chi connectivity index (χ2v) is 8.20. The van der Waals surface area contributed by atoms with Gasteiger partial charge in [-0.25, -0.2) is 4.98 Å². The van der Waals surface area contributed by atoms with Gasteiger partial charge in [-0.3, -0.25) is 9.69 Å². The van der Waals surface area contributed by atoms with Crippen molar-refractivity contribution in [1.82, 2.24) is 15.0 Å². The van der Waals surface area contributed by atoms with E-state index in [1.165, 1.54) is 17.2 Å². The molecule has 0 aliphatic carbocycles. The number of nitrogens with one attached hydrogen (secondary N) is 1. The lowest BCUT2D eigenvalue weighted by Crippen LogP contribution is -2.42. The standard InChI is InChI=1S/C23H22F3N5O3/c1-13-14-4-2-6-17(23(24,25)26)15(14)5-3-8-34-22-29-18-11-27-19(10-16(18)21(28-13)30-22)31-7-9-33-12-20(31)32/h2,4,6,10-11,13H,3,5,7-9,12H2,1H3,(H,28,29,30)/t13-/m1/s1. The van der Waals surface area contributed by atoms with Crippen LogP contribution in [-0.4, -0.2) is 47.2 Å². The Labute approximate surface area is 193 Å². The van der Waals surface area contributed by atoms with Crippen LogP contribution in [0.25, 0.3) is 10.9 Å². The summed E-state index contributed by atoms with van der Waals surface area (Å²) in [7, 11) is 0. The minimum Gasteiger partial charge on any atom is -0.463 e. The molecule has 0 spiro atoms. The molecule has 11 heteroatoms. The summed E-state index contributed by atoms with van der Waals surface area (Å²) >= 11 is 0. The molecular weight excluding hydrogens is 451 g/mol. The highest BCUT2D eigenvalue weighted by Gasteiger charge is 2.34. The summed E-state index contributed by atoms with van der Waals surface area (Å²) in [5.74, 6) is 0.612. The van der Waals surface area contributed by atoms with Crippen molar-refractivity contribution in [3.05, 3.63) is 47.2 Å². The number of aromatic nitrogens is 3. The lowest BCUT2D eigenvalue weighted by atomic mass is 9.92. The molecule has 1 fully saturated rings. The van der Waals surface area contributed by atoms with Crippen molar-refractivity contribution in [2.45, 2.75) is 32.0 Å². The first-order valence-electron chi connectivity index (χ1n) is 11.0. The van der Waals surface area contributed by atoms with Gasteiger partial charge in [0.15, 0.2) is 0 Å². The Bertz CT molecular complexity index is 1250. The van der Waals surface area contributed by atoms with E-state index in [0.29, 0.717) is 47.7 Å². The summed E-state index contributed by atoms with van der Waals surface area (Å²) in [5, 5.41) is 3.82. The molecule has 2 aliphatic heterocycles. The van der Waals surface area contributed by atoms with E-state index in [9.17, 15) is 18.0 Å². The van der Waals surface area contributed by atoms with Crippen molar-refractivity contribution in [3.63, 3.8) is 0 Å². The first-order valence-corrected chi connectivity index (χ1v) is 11.0. The van der Waals surface area contributed by atoms with E-state index in [2.05, 4.69) is 20.3 Å². The lowest BCUT2D eigenvalue weighted by molar-refractivity contribution is -0.138. The number of hydrogen-bond acceptors (Lipinski definition) is 7. The fraction of sp³-hybridized carbons (Fsp3) is 0.391. The normalized spacial score (nSPS) is 19.1. The molecule has 4 heterocycles. The van der Waals surface area contributed by atoms with Crippen molar-refractivity contribution < 1.29 is 27.4 Å². The third-order valence-corrected chi connectivity index (χ3v) is 5.95. The third-order valence-electron chi connectivity index (χ3n) is 5.95.